The van der Waals surface area contributed by atoms with Gasteiger partial charge in [0.25, 0.3) is 0 Å². The number of esters is 1. The minimum absolute atomic E-state index is 0.102. The molecule has 0 aliphatic carbocycles. The van der Waals surface area contributed by atoms with Crippen LogP contribution in [-0.4, -0.2) is 12.6 Å². The Bertz CT molecular complexity index is 486. The molecule has 1 aromatic carbocycles. The van der Waals surface area contributed by atoms with Gasteiger partial charge in [0.15, 0.2) is 0 Å². The van der Waals surface area contributed by atoms with Gasteiger partial charge in [-0.2, -0.15) is 5.26 Å². The molecule has 4 nitrogen and oxygen atoms in total. The third-order valence-corrected chi connectivity index (χ3v) is 2.88. The topological polar surface area (TPSA) is 76.1 Å². The van der Waals surface area contributed by atoms with Crippen molar-refractivity contribution in [2.75, 3.05) is 12.3 Å². The number of hydrogen-bond acceptors (Lipinski definition) is 4. The number of nitrogens with zero attached hydrogens (tertiary/aromatic N) is 1. The van der Waals surface area contributed by atoms with Crippen molar-refractivity contribution in [3.63, 3.8) is 0 Å². The SMILES string of the molecule is N#CCCCCOC(=O)c1cc(N)c(F)cc1Br. The summed E-state index contributed by atoms with van der Waals surface area (Å²) in [7, 11) is 0. The van der Waals surface area contributed by atoms with Crippen LogP contribution in [0.3, 0.4) is 0 Å². The van der Waals surface area contributed by atoms with E-state index in [1.165, 1.54) is 6.07 Å². The largest absolute Gasteiger partial charge is 0.462 e. The number of ether oxygens (including phenoxy) is 1. The maximum absolute atomic E-state index is 13.1. The van der Waals surface area contributed by atoms with E-state index in [1.54, 1.807) is 0 Å². The Morgan fingerprint density at radius 3 is 2.89 bits per heavy atom. The average Bonchev–Trinajstić information content (AvgIpc) is 2.33. The van der Waals surface area contributed by atoms with Crippen molar-refractivity contribution in [1.29, 1.82) is 5.26 Å². The second-order valence-corrected chi connectivity index (χ2v) is 4.46. The lowest BCUT2D eigenvalue weighted by molar-refractivity contribution is 0.0497. The smallest absolute Gasteiger partial charge is 0.339 e. The summed E-state index contributed by atoms with van der Waals surface area (Å²) in [5.41, 5.74) is 5.47. The number of anilines is 1. The van der Waals surface area contributed by atoms with Crippen molar-refractivity contribution in [3.05, 3.63) is 28.0 Å². The van der Waals surface area contributed by atoms with Gasteiger partial charge >= 0.3 is 5.97 Å². The summed E-state index contributed by atoms with van der Waals surface area (Å²) >= 11 is 3.08. The monoisotopic (exact) mass is 314 g/mol. The lowest BCUT2D eigenvalue weighted by Crippen LogP contribution is -2.08. The molecule has 1 rings (SSSR count). The first-order chi connectivity index (χ1) is 8.56. The van der Waals surface area contributed by atoms with Crippen LogP contribution >= 0.6 is 15.9 Å². The summed E-state index contributed by atoms with van der Waals surface area (Å²) < 4.78 is 18.4. The van der Waals surface area contributed by atoms with Crippen molar-refractivity contribution in [2.24, 2.45) is 0 Å². The highest BCUT2D eigenvalue weighted by atomic mass is 79.9. The van der Waals surface area contributed by atoms with E-state index in [2.05, 4.69) is 15.9 Å². The van der Waals surface area contributed by atoms with E-state index in [1.807, 2.05) is 6.07 Å². The Labute approximate surface area is 113 Å². The number of benzene rings is 1. The normalized spacial score (nSPS) is 9.83. The third kappa shape index (κ3) is 4.00. The number of hydrogen-bond donors (Lipinski definition) is 1. The van der Waals surface area contributed by atoms with Crippen LogP contribution in [0.15, 0.2) is 16.6 Å². The zero-order chi connectivity index (χ0) is 13.5. The highest BCUT2D eigenvalue weighted by molar-refractivity contribution is 9.10. The van der Waals surface area contributed by atoms with Gasteiger partial charge in [0.05, 0.1) is 23.9 Å². The summed E-state index contributed by atoms with van der Waals surface area (Å²) in [6.45, 7) is 0.226. The van der Waals surface area contributed by atoms with Crippen molar-refractivity contribution >= 4 is 27.6 Å². The van der Waals surface area contributed by atoms with Crippen LogP contribution in [0.5, 0.6) is 0 Å². The molecule has 1 aromatic rings. The van der Waals surface area contributed by atoms with E-state index in [0.717, 1.165) is 6.07 Å². The molecule has 0 unspecified atom stereocenters. The second-order valence-electron chi connectivity index (χ2n) is 3.60. The first-order valence-corrected chi connectivity index (χ1v) is 6.14. The van der Waals surface area contributed by atoms with Gasteiger partial charge in [0, 0.05) is 10.9 Å². The van der Waals surface area contributed by atoms with Crippen LogP contribution in [0.1, 0.15) is 29.6 Å². The van der Waals surface area contributed by atoms with Crippen molar-refractivity contribution in [1.82, 2.24) is 0 Å². The molecule has 0 aliphatic heterocycles. The summed E-state index contributed by atoms with van der Waals surface area (Å²) in [5, 5.41) is 8.33. The maximum Gasteiger partial charge on any atom is 0.339 e. The summed E-state index contributed by atoms with van der Waals surface area (Å²) in [6.07, 6.45) is 1.73. The molecule has 0 spiro atoms. The van der Waals surface area contributed by atoms with Crippen molar-refractivity contribution in [2.45, 2.75) is 19.3 Å². The highest BCUT2D eigenvalue weighted by Crippen LogP contribution is 2.23. The molecule has 0 bridgehead atoms. The fraction of sp³-hybridized carbons (Fsp3) is 0.333. The molecule has 18 heavy (non-hydrogen) atoms. The van der Waals surface area contributed by atoms with Crippen LogP contribution in [0.25, 0.3) is 0 Å². The quantitative estimate of drug-likeness (QED) is 0.515. The fourth-order valence-corrected chi connectivity index (χ4v) is 1.75. The molecular formula is C12H12BrFN2O2. The van der Waals surface area contributed by atoms with E-state index in [9.17, 15) is 9.18 Å². The van der Waals surface area contributed by atoms with Crippen LogP contribution < -0.4 is 5.73 Å². The first-order valence-electron chi connectivity index (χ1n) is 5.35. The number of carbonyl (C=O) groups is 1. The van der Waals surface area contributed by atoms with Gasteiger partial charge in [-0.05, 0) is 40.9 Å². The van der Waals surface area contributed by atoms with E-state index in [0.29, 0.717) is 23.7 Å². The lowest BCUT2D eigenvalue weighted by atomic mass is 10.2. The number of carbonyl (C=O) groups excluding carboxylic acids is 1. The van der Waals surface area contributed by atoms with Gasteiger partial charge in [-0.25, -0.2) is 9.18 Å². The molecule has 0 amide bonds. The molecule has 0 radical (unpaired) electrons. The van der Waals surface area contributed by atoms with E-state index in [-0.39, 0.29) is 17.9 Å². The Hall–Kier alpha value is -1.61. The summed E-state index contributed by atoms with van der Waals surface area (Å²) in [5.74, 6) is -1.15. The molecule has 2 N–H and O–H groups in total. The highest BCUT2D eigenvalue weighted by Gasteiger charge is 2.14. The van der Waals surface area contributed by atoms with Gasteiger partial charge in [-0.15, -0.1) is 0 Å². The van der Waals surface area contributed by atoms with Crippen LogP contribution in [0, 0.1) is 17.1 Å². The van der Waals surface area contributed by atoms with Gasteiger partial charge in [0.1, 0.15) is 5.82 Å². The predicted molar refractivity (Wildman–Crippen MR) is 68.3 cm³/mol. The molecule has 6 heteroatoms. The lowest BCUT2D eigenvalue weighted by Gasteiger charge is -2.07. The third-order valence-electron chi connectivity index (χ3n) is 2.22. The van der Waals surface area contributed by atoms with Gasteiger partial charge in [-0.3, -0.25) is 0 Å². The molecule has 0 fully saturated rings. The van der Waals surface area contributed by atoms with Crippen LogP contribution in [0.4, 0.5) is 10.1 Å². The molecule has 0 aromatic heterocycles. The zero-order valence-electron chi connectivity index (χ0n) is 9.58. The average molecular weight is 315 g/mol. The molecule has 0 atom stereocenters. The molecular weight excluding hydrogens is 303 g/mol. The van der Waals surface area contributed by atoms with Crippen molar-refractivity contribution in [3.8, 4) is 6.07 Å². The zero-order valence-corrected chi connectivity index (χ0v) is 11.2. The Balaban J connectivity index is 2.57. The second kappa shape index (κ2) is 6.97. The maximum atomic E-state index is 13.1. The first kappa shape index (κ1) is 14.5. The van der Waals surface area contributed by atoms with Crippen molar-refractivity contribution < 1.29 is 13.9 Å². The molecule has 96 valence electrons. The van der Waals surface area contributed by atoms with Gasteiger partial charge in [0.2, 0.25) is 0 Å². The molecule has 0 aliphatic rings. The Morgan fingerprint density at radius 1 is 1.50 bits per heavy atom. The Morgan fingerprint density at radius 2 is 2.22 bits per heavy atom. The van der Waals surface area contributed by atoms with Crippen LogP contribution in [-0.2, 0) is 4.74 Å². The fourth-order valence-electron chi connectivity index (χ4n) is 1.27. The van der Waals surface area contributed by atoms with Gasteiger partial charge < -0.3 is 10.5 Å². The number of nitrogens with two attached hydrogens (primary N) is 1. The van der Waals surface area contributed by atoms with E-state index < -0.39 is 11.8 Å². The number of nitriles is 1. The number of unbranched alkanes of at least 4 members (excludes halogenated alkanes) is 2. The summed E-state index contributed by atoms with van der Waals surface area (Å²) in [6, 6.07) is 4.36. The van der Waals surface area contributed by atoms with Crippen LogP contribution in [0.2, 0.25) is 0 Å². The van der Waals surface area contributed by atoms with Gasteiger partial charge in [-0.1, -0.05) is 0 Å². The van der Waals surface area contributed by atoms with E-state index in [4.69, 9.17) is 15.7 Å². The number of rotatable bonds is 5. The predicted octanol–water partition coefficient (Wildman–Crippen LogP) is 3.02. The molecule has 0 saturated carbocycles. The molecule has 0 saturated heterocycles. The standard InChI is InChI=1S/C12H12BrFN2O2/c13-9-7-10(14)11(16)6-8(9)12(17)18-5-3-1-2-4-15/h6-7H,1-3,5,16H2. The number of halogens is 2. The Kier molecular flexibility index (Phi) is 5.59. The summed E-state index contributed by atoms with van der Waals surface area (Å²) in [4.78, 5) is 11.7. The number of nitrogen functional groups attached to an aromatic ring is 1. The minimum atomic E-state index is -0.590. The minimum Gasteiger partial charge on any atom is -0.462 e. The molecule has 0 heterocycles. The van der Waals surface area contributed by atoms with E-state index >= 15 is 0 Å².